The topological polar surface area (TPSA) is 53.5 Å². The molecular weight excluding hydrogens is 381 g/mol. The second-order valence-electron chi connectivity index (χ2n) is 7.94. The van der Waals surface area contributed by atoms with Crippen molar-refractivity contribution >= 4 is 22.7 Å². The molecule has 2 heterocycles. The highest BCUT2D eigenvalue weighted by Gasteiger charge is 2.29. The zero-order chi connectivity index (χ0) is 21.3. The molecule has 1 aliphatic heterocycles. The molecule has 1 aliphatic rings. The van der Waals surface area contributed by atoms with Gasteiger partial charge in [0, 0.05) is 44.2 Å². The monoisotopic (exact) mass is 405 g/mol. The standard InChI is InChI=1S/C24H24FN3O2/c1-27(2)24(30)20-14-22(26-21-6-4-3-5-19(20)21)17-11-12-28(15-17)23(29)13-16-7-9-18(25)10-8-16/h3-10,14,17H,11-13,15H2,1-2H3. The van der Waals surface area contributed by atoms with Crippen LogP contribution in [-0.4, -0.2) is 53.8 Å². The van der Waals surface area contributed by atoms with Gasteiger partial charge in [0.05, 0.1) is 17.5 Å². The average Bonchev–Trinajstić information content (AvgIpc) is 3.24. The van der Waals surface area contributed by atoms with Gasteiger partial charge in [0.15, 0.2) is 0 Å². The third kappa shape index (κ3) is 4.03. The molecule has 0 aliphatic carbocycles. The first-order valence-electron chi connectivity index (χ1n) is 10.1. The van der Waals surface area contributed by atoms with Gasteiger partial charge in [-0.25, -0.2) is 4.39 Å². The van der Waals surface area contributed by atoms with Gasteiger partial charge in [-0.15, -0.1) is 0 Å². The molecule has 2 aromatic carbocycles. The number of pyridine rings is 1. The second-order valence-corrected chi connectivity index (χ2v) is 7.94. The molecule has 0 saturated carbocycles. The highest BCUT2D eigenvalue weighted by Crippen LogP contribution is 2.30. The molecule has 0 radical (unpaired) electrons. The van der Waals surface area contributed by atoms with Gasteiger partial charge < -0.3 is 9.80 Å². The Hall–Kier alpha value is -3.28. The second kappa shape index (κ2) is 8.22. The van der Waals surface area contributed by atoms with E-state index in [1.807, 2.05) is 35.2 Å². The van der Waals surface area contributed by atoms with E-state index in [0.717, 1.165) is 28.6 Å². The zero-order valence-electron chi connectivity index (χ0n) is 17.1. The maximum Gasteiger partial charge on any atom is 0.254 e. The van der Waals surface area contributed by atoms with E-state index in [1.165, 1.54) is 12.1 Å². The predicted octanol–water partition coefficient (Wildman–Crippen LogP) is 3.63. The Morgan fingerprint density at radius 3 is 2.60 bits per heavy atom. The van der Waals surface area contributed by atoms with Crippen LogP contribution in [0.3, 0.4) is 0 Å². The van der Waals surface area contributed by atoms with Crippen molar-refractivity contribution in [1.29, 1.82) is 0 Å². The molecule has 1 saturated heterocycles. The summed E-state index contributed by atoms with van der Waals surface area (Å²) >= 11 is 0. The lowest BCUT2D eigenvalue weighted by atomic mass is 9.99. The van der Waals surface area contributed by atoms with Crippen molar-refractivity contribution in [2.24, 2.45) is 0 Å². The fourth-order valence-electron chi connectivity index (χ4n) is 3.94. The molecule has 2 amide bonds. The summed E-state index contributed by atoms with van der Waals surface area (Å²) in [7, 11) is 3.48. The van der Waals surface area contributed by atoms with Crippen molar-refractivity contribution in [2.75, 3.05) is 27.2 Å². The number of hydrogen-bond acceptors (Lipinski definition) is 3. The van der Waals surface area contributed by atoms with E-state index in [-0.39, 0.29) is 30.0 Å². The summed E-state index contributed by atoms with van der Waals surface area (Å²) in [5.41, 5.74) is 3.07. The molecule has 5 nitrogen and oxygen atoms in total. The fourth-order valence-corrected chi connectivity index (χ4v) is 3.94. The largest absolute Gasteiger partial charge is 0.345 e. The SMILES string of the molecule is CN(C)C(=O)c1cc(C2CCN(C(=O)Cc3ccc(F)cc3)C2)nc2ccccc12. The number of benzene rings is 2. The van der Waals surface area contributed by atoms with E-state index in [9.17, 15) is 14.0 Å². The number of likely N-dealkylation sites (tertiary alicyclic amines) is 1. The van der Waals surface area contributed by atoms with E-state index in [1.54, 1.807) is 31.1 Å². The van der Waals surface area contributed by atoms with Crippen LogP contribution < -0.4 is 0 Å². The number of nitrogens with zero attached hydrogens (tertiary/aromatic N) is 3. The Morgan fingerprint density at radius 1 is 1.13 bits per heavy atom. The maximum atomic E-state index is 13.1. The van der Waals surface area contributed by atoms with Crippen molar-refractivity contribution in [1.82, 2.24) is 14.8 Å². The Balaban J connectivity index is 1.55. The number of hydrogen-bond donors (Lipinski definition) is 0. The lowest BCUT2D eigenvalue weighted by Crippen LogP contribution is -2.30. The summed E-state index contributed by atoms with van der Waals surface area (Å²) in [6.07, 6.45) is 1.05. The number of halogens is 1. The number of rotatable bonds is 4. The van der Waals surface area contributed by atoms with E-state index in [0.29, 0.717) is 18.7 Å². The first-order chi connectivity index (χ1) is 14.4. The molecule has 154 valence electrons. The summed E-state index contributed by atoms with van der Waals surface area (Å²) in [5, 5.41) is 0.835. The van der Waals surface area contributed by atoms with Crippen LogP contribution in [0, 0.1) is 5.82 Å². The van der Waals surface area contributed by atoms with Crippen molar-refractivity contribution in [3.63, 3.8) is 0 Å². The number of carbonyl (C=O) groups is 2. The minimum Gasteiger partial charge on any atom is -0.345 e. The molecule has 1 fully saturated rings. The molecule has 1 atom stereocenters. The van der Waals surface area contributed by atoms with Gasteiger partial charge in [0.1, 0.15) is 5.82 Å². The molecule has 6 heteroatoms. The Morgan fingerprint density at radius 2 is 1.87 bits per heavy atom. The van der Waals surface area contributed by atoms with Gasteiger partial charge in [-0.2, -0.15) is 0 Å². The highest BCUT2D eigenvalue weighted by molar-refractivity contribution is 6.06. The van der Waals surface area contributed by atoms with Gasteiger partial charge in [-0.3, -0.25) is 14.6 Å². The van der Waals surface area contributed by atoms with Crippen molar-refractivity contribution in [3.8, 4) is 0 Å². The third-order valence-electron chi connectivity index (χ3n) is 5.60. The normalized spacial score (nSPS) is 16.1. The van der Waals surface area contributed by atoms with Gasteiger partial charge in [-0.05, 0) is 36.2 Å². The van der Waals surface area contributed by atoms with Crippen LogP contribution in [0.2, 0.25) is 0 Å². The minimum atomic E-state index is -0.308. The average molecular weight is 405 g/mol. The minimum absolute atomic E-state index is 0.0227. The number of para-hydroxylation sites is 1. The maximum absolute atomic E-state index is 13.1. The summed E-state index contributed by atoms with van der Waals surface area (Å²) < 4.78 is 13.1. The lowest BCUT2D eigenvalue weighted by Gasteiger charge is -2.18. The molecular formula is C24H24FN3O2. The van der Waals surface area contributed by atoms with Gasteiger partial charge in [0.25, 0.3) is 5.91 Å². The Labute approximate surface area is 175 Å². The van der Waals surface area contributed by atoms with Crippen LogP contribution in [0.1, 0.15) is 34.0 Å². The number of fused-ring (bicyclic) bond motifs is 1. The first kappa shape index (κ1) is 20.0. The molecule has 3 aromatic rings. The molecule has 4 rings (SSSR count). The Bertz CT molecular complexity index is 1100. The zero-order valence-corrected chi connectivity index (χ0v) is 17.1. The van der Waals surface area contributed by atoms with Crippen LogP contribution in [-0.2, 0) is 11.2 Å². The van der Waals surface area contributed by atoms with Crippen molar-refractivity contribution in [3.05, 3.63) is 77.2 Å². The summed E-state index contributed by atoms with van der Waals surface area (Å²) in [6, 6.07) is 15.6. The van der Waals surface area contributed by atoms with E-state index in [2.05, 4.69) is 0 Å². The van der Waals surface area contributed by atoms with Crippen LogP contribution >= 0.6 is 0 Å². The number of amides is 2. The molecule has 0 bridgehead atoms. The van der Waals surface area contributed by atoms with Crippen LogP contribution in [0.25, 0.3) is 10.9 Å². The summed E-state index contributed by atoms with van der Waals surface area (Å²) in [4.78, 5) is 33.6. The van der Waals surface area contributed by atoms with Crippen LogP contribution in [0.4, 0.5) is 4.39 Å². The number of aromatic nitrogens is 1. The number of carbonyl (C=O) groups excluding carboxylic acids is 2. The van der Waals surface area contributed by atoms with E-state index >= 15 is 0 Å². The van der Waals surface area contributed by atoms with Gasteiger partial charge in [-0.1, -0.05) is 30.3 Å². The fraction of sp³-hybridized carbons (Fsp3) is 0.292. The van der Waals surface area contributed by atoms with Crippen LogP contribution in [0.15, 0.2) is 54.6 Å². The Kier molecular flexibility index (Phi) is 5.48. The van der Waals surface area contributed by atoms with E-state index < -0.39 is 0 Å². The highest BCUT2D eigenvalue weighted by atomic mass is 19.1. The predicted molar refractivity (Wildman–Crippen MR) is 114 cm³/mol. The van der Waals surface area contributed by atoms with Gasteiger partial charge >= 0.3 is 0 Å². The molecule has 1 aromatic heterocycles. The summed E-state index contributed by atoms with van der Waals surface area (Å²) in [6.45, 7) is 1.22. The lowest BCUT2D eigenvalue weighted by molar-refractivity contribution is -0.129. The van der Waals surface area contributed by atoms with Crippen LogP contribution in [0.5, 0.6) is 0 Å². The molecule has 0 N–H and O–H groups in total. The van der Waals surface area contributed by atoms with Crippen molar-refractivity contribution in [2.45, 2.75) is 18.8 Å². The smallest absolute Gasteiger partial charge is 0.254 e. The van der Waals surface area contributed by atoms with Gasteiger partial charge in [0.2, 0.25) is 5.91 Å². The third-order valence-corrected chi connectivity index (χ3v) is 5.60. The van der Waals surface area contributed by atoms with Crippen molar-refractivity contribution < 1.29 is 14.0 Å². The molecule has 0 spiro atoms. The molecule has 1 unspecified atom stereocenters. The first-order valence-corrected chi connectivity index (χ1v) is 10.1. The van der Waals surface area contributed by atoms with E-state index in [4.69, 9.17) is 4.98 Å². The quantitative estimate of drug-likeness (QED) is 0.666. The molecule has 30 heavy (non-hydrogen) atoms. The summed E-state index contributed by atoms with van der Waals surface area (Å²) in [5.74, 6) is -0.259.